The fourth-order valence-electron chi connectivity index (χ4n) is 1.27. The van der Waals surface area contributed by atoms with Crippen molar-refractivity contribution in [2.24, 2.45) is 0 Å². The van der Waals surface area contributed by atoms with Crippen LogP contribution in [0.2, 0.25) is 0 Å². The van der Waals surface area contributed by atoms with E-state index in [1.165, 1.54) is 0 Å². The van der Waals surface area contributed by atoms with Crippen LogP contribution >= 0.6 is 0 Å². The van der Waals surface area contributed by atoms with Crippen LogP contribution in [0.1, 0.15) is 19.8 Å². The van der Waals surface area contributed by atoms with Crippen molar-refractivity contribution in [2.45, 2.75) is 32.0 Å². The van der Waals surface area contributed by atoms with Crippen LogP contribution in [-0.4, -0.2) is 55.7 Å². The molecule has 2 unspecified atom stereocenters. The van der Waals surface area contributed by atoms with Gasteiger partial charge in [-0.05, 0) is 19.8 Å². The molecule has 0 bridgehead atoms. The van der Waals surface area contributed by atoms with Gasteiger partial charge in [-0.2, -0.15) is 0 Å². The van der Waals surface area contributed by atoms with E-state index in [1.54, 1.807) is 0 Å². The zero-order valence-electron chi connectivity index (χ0n) is 9.74. The molecule has 1 aliphatic heterocycles. The molecular formula is C10H22O4Si. The van der Waals surface area contributed by atoms with Crippen molar-refractivity contribution in [1.82, 2.24) is 0 Å². The second-order valence-electron chi connectivity index (χ2n) is 3.85. The summed E-state index contributed by atoms with van der Waals surface area (Å²) in [6.07, 6.45) is 2.79. The Labute approximate surface area is 94.8 Å². The van der Waals surface area contributed by atoms with Crippen LogP contribution in [0.15, 0.2) is 0 Å². The van der Waals surface area contributed by atoms with Gasteiger partial charge in [0, 0.05) is 6.61 Å². The first kappa shape index (κ1) is 13.1. The van der Waals surface area contributed by atoms with E-state index in [0.29, 0.717) is 18.8 Å². The van der Waals surface area contributed by atoms with Gasteiger partial charge in [0.25, 0.3) is 0 Å². The van der Waals surface area contributed by atoms with E-state index in [1.807, 2.05) is 0 Å². The van der Waals surface area contributed by atoms with Gasteiger partial charge in [0.1, 0.15) is 16.6 Å². The molecule has 15 heavy (non-hydrogen) atoms. The van der Waals surface area contributed by atoms with Crippen molar-refractivity contribution in [1.29, 1.82) is 0 Å². The summed E-state index contributed by atoms with van der Waals surface area (Å²) >= 11 is 0. The summed E-state index contributed by atoms with van der Waals surface area (Å²) in [6, 6.07) is 0. The van der Waals surface area contributed by atoms with Crippen LogP contribution in [0, 0.1) is 0 Å². The average Bonchev–Trinajstić information content (AvgIpc) is 3.02. The summed E-state index contributed by atoms with van der Waals surface area (Å²) in [5.41, 5.74) is 0. The molecule has 0 aromatic rings. The van der Waals surface area contributed by atoms with Crippen molar-refractivity contribution in [3.05, 3.63) is 0 Å². The van der Waals surface area contributed by atoms with Gasteiger partial charge >= 0.3 is 0 Å². The van der Waals surface area contributed by atoms with E-state index < -0.39 is 0 Å². The number of hydrogen-bond acceptors (Lipinski definition) is 4. The van der Waals surface area contributed by atoms with Gasteiger partial charge in [-0.3, -0.25) is 0 Å². The van der Waals surface area contributed by atoms with Crippen molar-refractivity contribution < 1.29 is 18.6 Å². The van der Waals surface area contributed by atoms with Gasteiger partial charge in [0.2, 0.25) is 0 Å². The Hall–Kier alpha value is 0.0569. The van der Waals surface area contributed by atoms with Crippen LogP contribution < -0.4 is 0 Å². The zero-order valence-corrected chi connectivity index (χ0v) is 11.7. The van der Waals surface area contributed by atoms with E-state index in [0.717, 1.165) is 49.8 Å². The van der Waals surface area contributed by atoms with Gasteiger partial charge in [-0.25, -0.2) is 0 Å². The Morgan fingerprint density at radius 1 is 1.40 bits per heavy atom. The molecule has 1 rings (SSSR count). The molecule has 0 aromatic carbocycles. The maximum Gasteiger partial charge on any atom is 0.146 e. The van der Waals surface area contributed by atoms with E-state index in [-0.39, 0.29) is 0 Å². The summed E-state index contributed by atoms with van der Waals surface area (Å²) in [6.45, 7) is 5.97. The minimum absolute atomic E-state index is 0.308. The standard InChI is InChI=1S/C10H22O4Si/c1-9(12-5-6-14-15)3-2-4-11-7-10-8-13-10/h9-10H,2-8H2,1,15H3. The molecule has 0 aromatic heterocycles. The summed E-state index contributed by atoms with van der Waals surface area (Å²) in [5.74, 6) is 0. The third-order valence-corrected chi connectivity index (χ3v) is 2.70. The number of ether oxygens (including phenoxy) is 3. The highest BCUT2D eigenvalue weighted by Crippen LogP contribution is 2.09. The molecule has 1 fully saturated rings. The van der Waals surface area contributed by atoms with Crippen LogP contribution in [-0.2, 0) is 18.6 Å². The van der Waals surface area contributed by atoms with Gasteiger partial charge in [0.05, 0.1) is 32.5 Å². The predicted molar refractivity (Wildman–Crippen MR) is 61.1 cm³/mol. The molecule has 2 atom stereocenters. The van der Waals surface area contributed by atoms with Crippen molar-refractivity contribution >= 4 is 10.5 Å². The van der Waals surface area contributed by atoms with Crippen molar-refractivity contribution in [3.8, 4) is 0 Å². The summed E-state index contributed by atoms with van der Waals surface area (Å²) < 4.78 is 21.1. The van der Waals surface area contributed by atoms with E-state index in [9.17, 15) is 0 Å². The second-order valence-corrected chi connectivity index (χ2v) is 4.42. The monoisotopic (exact) mass is 234 g/mol. The summed E-state index contributed by atoms with van der Waals surface area (Å²) in [4.78, 5) is 0. The first-order valence-electron chi connectivity index (χ1n) is 5.63. The highest BCUT2D eigenvalue weighted by Gasteiger charge is 2.21. The van der Waals surface area contributed by atoms with E-state index >= 15 is 0 Å². The minimum Gasteiger partial charge on any atom is -0.426 e. The number of rotatable bonds is 10. The van der Waals surface area contributed by atoms with Crippen LogP contribution in [0.4, 0.5) is 0 Å². The quantitative estimate of drug-likeness (QED) is 0.300. The SMILES string of the molecule is CC(CCCOCC1CO1)OCCO[SiH3]. The smallest absolute Gasteiger partial charge is 0.146 e. The molecule has 0 amide bonds. The lowest BCUT2D eigenvalue weighted by Crippen LogP contribution is -2.13. The topological polar surface area (TPSA) is 40.2 Å². The summed E-state index contributed by atoms with van der Waals surface area (Å²) in [7, 11) is 0.795. The van der Waals surface area contributed by atoms with Gasteiger partial charge in [-0.15, -0.1) is 0 Å². The van der Waals surface area contributed by atoms with Crippen molar-refractivity contribution in [2.75, 3.05) is 33.0 Å². The highest BCUT2D eigenvalue weighted by molar-refractivity contribution is 5.97. The predicted octanol–water partition coefficient (Wildman–Crippen LogP) is -0.116. The minimum atomic E-state index is 0.308. The Balaban J connectivity index is 1.76. The number of hydrogen-bond donors (Lipinski definition) is 0. The van der Waals surface area contributed by atoms with E-state index in [2.05, 4.69) is 6.92 Å². The first-order chi connectivity index (χ1) is 7.33. The number of epoxide rings is 1. The van der Waals surface area contributed by atoms with Crippen LogP contribution in [0.25, 0.3) is 0 Å². The molecule has 4 nitrogen and oxygen atoms in total. The fourth-order valence-corrected chi connectivity index (χ4v) is 1.43. The Kier molecular flexibility index (Phi) is 7.21. The third-order valence-electron chi connectivity index (χ3n) is 2.30. The summed E-state index contributed by atoms with van der Waals surface area (Å²) in [5, 5.41) is 0. The molecule has 1 aliphatic rings. The van der Waals surface area contributed by atoms with Gasteiger partial charge in [0.15, 0.2) is 0 Å². The largest absolute Gasteiger partial charge is 0.426 e. The van der Waals surface area contributed by atoms with E-state index in [4.69, 9.17) is 18.6 Å². The Morgan fingerprint density at radius 2 is 2.20 bits per heavy atom. The van der Waals surface area contributed by atoms with Crippen LogP contribution in [0.3, 0.4) is 0 Å². The normalized spacial score (nSPS) is 21.8. The fraction of sp³-hybridized carbons (Fsp3) is 1.00. The molecule has 0 saturated carbocycles. The molecule has 1 heterocycles. The highest BCUT2D eigenvalue weighted by atomic mass is 28.2. The lowest BCUT2D eigenvalue weighted by atomic mass is 10.2. The van der Waals surface area contributed by atoms with Crippen molar-refractivity contribution in [3.63, 3.8) is 0 Å². The molecule has 0 spiro atoms. The maximum absolute atomic E-state index is 5.54. The molecule has 0 N–H and O–H groups in total. The Bertz CT molecular complexity index is 152. The Morgan fingerprint density at radius 3 is 2.87 bits per heavy atom. The zero-order chi connectivity index (χ0) is 10.9. The molecule has 0 radical (unpaired) electrons. The molecular weight excluding hydrogens is 212 g/mol. The van der Waals surface area contributed by atoms with Gasteiger partial charge in [-0.1, -0.05) is 0 Å². The lowest BCUT2D eigenvalue weighted by molar-refractivity contribution is 0.0324. The molecule has 90 valence electrons. The lowest BCUT2D eigenvalue weighted by Gasteiger charge is -2.12. The molecule has 1 saturated heterocycles. The third kappa shape index (κ3) is 7.93. The second kappa shape index (κ2) is 8.24. The molecule has 0 aliphatic carbocycles. The van der Waals surface area contributed by atoms with Gasteiger partial charge < -0.3 is 18.6 Å². The average molecular weight is 234 g/mol. The van der Waals surface area contributed by atoms with Crippen LogP contribution in [0.5, 0.6) is 0 Å². The molecule has 5 heteroatoms. The first-order valence-corrected chi connectivity index (χ1v) is 6.44. The maximum atomic E-state index is 5.54.